The van der Waals surface area contributed by atoms with Gasteiger partial charge in [0.05, 0.1) is 13.2 Å². The lowest BCUT2D eigenvalue weighted by atomic mass is 10.0. The molecule has 0 saturated heterocycles. The molecule has 260 valence electrons. The predicted octanol–water partition coefficient (Wildman–Crippen LogP) is 7.22. The van der Waals surface area contributed by atoms with E-state index in [1.807, 2.05) is 0 Å². The van der Waals surface area contributed by atoms with E-state index in [-0.39, 0.29) is 12.8 Å². The van der Waals surface area contributed by atoms with Gasteiger partial charge in [-0.1, -0.05) is 129 Å². The maximum Gasteiger partial charge on any atom is 0.472 e. The summed E-state index contributed by atoms with van der Waals surface area (Å²) < 4.78 is 26.5. The molecule has 0 fully saturated rings. The molecule has 11 nitrogen and oxygen atoms in total. The molecular formula is C32H62NO10P. The van der Waals surface area contributed by atoms with Gasteiger partial charge in [0, 0.05) is 12.8 Å². The van der Waals surface area contributed by atoms with Gasteiger partial charge >= 0.3 is 19.8 Å². The van der Waals surface area contributed by atoms with Gasteiger partial charge in [-0.15, -0.1) is 0 Å². The average Bonchev–Trinajstić information content (AvgIpc) is 2.98. The zero-order valence-electron chi connectivity index (χ0n) is 27.5. The standard InChI is InChI=1S/C32H62NO10P/c1-3-5-7-9-10-11-12-13-14-15-16-17-18-20-22-24-31(36)41-25-28(34)26-42-44(39,40)43-27-29(32(37)38)33-30(35)23-21-19-8-6-4-2/h28-29,34H,3-27H2,1-2H3,(H,33,35)(H,37,38)(H,39,40). The highest BCUT2D eigenvalue weighted by Gasteiger charge is 2.28. The Bertz CT molecular complexity index is 782. The number of phosphoric acid groups is 1. The first-order valence-electron chi connectivity index (χ1n) is 17.1. The zero-order chi connectivity index (χ0) is 32.9. The number of amides is 1. The van der Waals surface area contributed by atoms with E-state index >= 15 is 0 Å². The molecule has 0 aromatic carbocycles. The smallest absolute Gasteiger partial charge is 0.472 e. The summed E-state index contributed by atoms with van der Waals surface area (Å²) in [6.07, 6.45) is 22.0. The Kier molecular flexibility index (Phi) is 27.9. The van der Waals surface area contributed by atoms with Crippen molar-refractivity contribution < 1.29 is 47.8 Å². The van der Waals surface area contributed by atoms with Crippen molar-refractivity contribution in [2.24, 2.45) is 0 Å². The minimum Gasteiger partial charge on any atom is -0.480 e. The quantitative estimate of drug-likeness (QED) is 0.0331. The van der Waals surface area contributed by atoms with Crippen LogP contribution in [-0.2, 0) is 32.7 Å². The van der Waals surface area contributed by atoms with E-state index in [9.17, 15) is 34.1 Å². The number of unbranched alkanes of at least 4 members (excludes halogenated alkanes) is 18. The number of aliphatic hydroxyl groups is 1. The van der Waals surface area contributed by atoms with Crippen LogP contribution in [0.2, 0.25) is 0 Å². The van der Waals surface area contributed by atoms with E-state index in [0.29, 0.717) is 12.8 Å². The molecular weight excluding hydrogens is 589 g/mol. The number of phosphoric ester groups is 1. The number of carboxylic acids is 1. The topological polar surface area (TPSA) is 169 Å². The van der Waals surface area contributed by atoms with Crippen LogP contribution in [0.25, 0.3) is 0 Å². The third-order valence-electron chi connectivity index (χ3n) is 7.40. The molecule has 44 heavy (non-hydrogen) atoms. The number of esters is 1. The molecule has 0 saturated carbocycles. The van der Waals surface area contributed by atoms with Gasteiger partial charge in [-0.3, -0.25) is 18.6 Å². The molecule has 0 aromatic rings. The second-order valence-electron chi connectivity index (χ2n) is 11.7. The number of aliphatic carboxylic acids is 1. The first-order chi connectivity index (χ1) is 21.1. The largest absolute Gasteiger partial charge is 0.480 e. The molecule has 0 aromatic heterocycles. The Balaban J connectivity index is 3.88. The minimum atomic E-state index is -4.73. The highest BCUT2D eigenvalue weighted by Crippen LogP contribution is 2.43. The minimum absolute atomic E-state index is 0.144. The number of rotatable bonds is 32. The Hall–Kier alpha value is -1.52. The van der Waals surface area contributed by atoms with Crippen LogP contribution in [0.3, 0.4) is 0 Å². The summed E-state index contributed by atoms with van der Waals surface area (Å²) in [6, 6.07) is -1.53. The molecule has 0 aliphatic rings. The third kappa shape index (κ3) is 28.0. The molecule has 4 N–H and O–H groups in total. The van der Waals surface area contributed by atoms with Crippen LogP contribution in [0.5, 0.6) is 0 Å². The molecule has 12 heteroatoms. The molecule has 1 amide bonds. The van der Waals surface area contributed by atoms with Gasteiger partial charge in [-0.2, -0.15) is 0 Å². The summed E-state index contributed by atoms with van der Waals surface area (Å²) in [5.41, 5.74) is 0. The lowest BCUT2D eigenvalue weighted by Crippen LogP contribution is -2.43. The molecule has 0 aliphatic carbocycles. The predicted molar refractivity (Wildman–Crippen MR) is 171 cm³/mol. The summed E-state index contributed by atoms with van der Waals surface area (Å²) in [7, 11) is -4.73. The van der Waals surface area contributed by atoms with Gasteiger partial charge in [0.25, 0.3) is 0 Å². The molecule has 3 unspecified atom stereocenters. The van der Waals surface area contributed by atoms with Crippen LogP contribution in [0, 0.1) is 0 Å². The van der Waals surface area contributed by atoms with Gasteiger partial charge in [-0.05, 0) is 12.8 Å². The van der Waals surface area contributed by atoms with Crippen LogP contribution in [0.15, 0.2) is 0 Å². The van der Waals surface area contributed by atoms with Crippen LogP contribution in [0.4, 0.5) is 0 Å². The van der Waals surface area contributed by atoms with Crippen molar-refractivity contribution in [2.75, 3.05) is 19.8 Å². The molecule has 0 radical (unpaired) electrons. The summed E-state index contributed by atoms with van der Waals surface area (Å²) in [6.45, 7) is 2.44. The van der Waals surface area contributed by atoms with Crippen molar-refractivity contribution in [3.05, 3.63) is 0 Å². The number of carbonyl (C=O) groups is 3. The van der Waals surface area contributed by atoms with Gasteiger partial charge < -0.3 is 25.2 Å². The Morgan fingerprint density at radius 1 is 0.636 bits per heavy atom. The lowest BCUT2D eigenvalue weighted by Gasteiger charge is -2.18. The highest BCUT2D eigenvalue weighted by atomic mass is 31.2. The average molecular weight is 652 g/mol. The van der Waals surface area contributed by atoms with Crippen molar-refractivity contribution in [3.63, 3.8) is 0 Å². The van der Waals surface area contributed by atoms with Gasteiger partial charge in [0.1, 0.15) is 12.7 Å². The fourth-order valence-electron chi connectivity index (χ4n) is 4.67. The fourth-order valence-corrected chi connectivity index (χ4v) is 5.44. The highest BCUT2D eigenvalue weighted by molar-refractivity contribution is 7.47. The summed E-state index contributed by atoms with van der Waals surface area (Å²) >= 11 is 0. The number of ether oxygens (including phenoxy) is 1. The summed E-state index contributed by atoms with van der Waals surface area (Å²) in [5, 5.41) is 21.5. The zero-order valence-corrected chi connectivity index (χ0v) is 28.4. The second kappa shape index (κ2) is 28.9. The van der Waals surface area contributed by atoms with Crippen molar-refractivity contribution in [1.82, 2.24) is 5.32 Å². The van der Waals surface area contributed by atoms with E-state index in [1.54, 1.807) is 0 Å². The Labute approximate surface area is 265 Å². The van der Waals surface area contributed by atoms with E-state index in [2.05, 4.69) is 19.2 Å². The molecule has 0 aliphatic heterocycles. The third-order valence-corrected chi connectivity index (χ3v) is 8.35. The van der Waals surface area contributed by atoms with Crippen LogP contribution >= 0.6 is 7.82 Å². The van der Waals surface area contributed by atoms with Crippen molar-refractivity contribution in [3.8, 4) is 0 Å². The van der Waals surface area contributed by atoms with Crippen LogP contribution < -0.4 is 5.32 Å². The van der Waals surface area contributed by atoms with E-state index in [1.165, 1.54) is 70.6 Å². The summed E-state index contributed by atoms with van der Waals surface area (Å²) in [5.74, 6) is -2.38. The monoisotopic (exact) mass is 651 g/mol. The molecule has 3 atom stereocenters. The van der Waals surface area contributed by atoms with Gasteiger partial charge in [0.2, 0.25) is 5.91 Å². The molecule has 0 heterocycles. The van der Waals surface area contributed by atoms with Gasteiger partial charge in [0.15, 0.2) is 6.04 Å². The van der Waals surface area contributed by atoms with Crippen molar-refractivity contribution >= 4 is 25.7 Å². The van der Waals surface area contributed by atoms with Crippen molar-refractivity contribution in [2.45, 2.75) is 167 Å². The fraction of sp³-hybridized carbons (Fsp3) is 0.906. The lowest BCUT2D eigenvalue weighted by molar-refractivity contribution is -0.147. The van der Waals surface area contributed by atoms with E-state index < -0.39 is 57.6 Å². The van der Waals surface area contributed by atoms with Crippen LogP contribution in [0.1, 0.15) is 155 Å². The Morgan fingerprint density at radius 2 is 1.05 bits per heavy atom. The number of nitrogens with one attached hydrogen (secondary N) is 1. The Morgan fingerprint density at radius 3 is 1.50 bits per heavy atom. The first kappa shape index (κ1) is 42.5. The van der Waals surface area contributed by atoms with Gasteiger partial charge in [-0.25, -0.2) is 9.36 Å². The number of hydrogen-bond acceptors (Lipinski definition) is 8. The number of carboxylic acid groups (broad SMARTS) is 1. The van der Waals surface area contributed by atoms with E-state index in [0.717, 1.165) is 44.9 Å². The number of aliphatic hydroxyl groups excluding tert-OH is 1. The van der Waals surface area contributed by atoms with Crippen molar-refractivity contribution in [1.29, 1.82) is 0 Å². The summed E-state index contributed by atoms with van der Waals surface area (Å²) in [4.78, 5) is 45.1. The molecule has 0 rings (SSSR count). The first-order valence-corrected chi connectivity index (χ1v) is 18.6. The SMILES string of the molecule is CCCCCCCCCCCCCCCCCC(=O)OCC(O)COP(=O)(O)OCC(NC(=O)CCCCCCC)C(=O)O. The number of carbonyl (C=O) groups excluding carboxylic acids is 2. The second-order valence-corrected chi connectivity index (χ2v) is 13.2. The molecule has 0 bridgehead atoms. The maximum absolute atomic E-state index is 12.1. The molecule has 0 spiro atoms. The van der Waals surface area contributed by atoms with E-state index in [4.69, 9.17) is 13.8 Å². The normalized spacial score (nSPS) is 14.1. The maximum atomic E-state index is 12.1. The van der Waals surface area contributed by atoms with Crippen LogP contribution in [-0.4, -0.2) is 64.9 Å². The number of hydrogen-bond donors (Lipinski definition) is 4.